The lowest BCUT2D eigenvalue weighted by Gasteiger charge is -2.41. The quantitative estimate of drug-likeness (QED) is 0.262. The third-order valence-electron chi connectivity index (χ3n) is 8.02. The van der Waals surface area contributed by atoms with Crippen molar-refractivity contribution in [3.8, 4) is 17.2 Å². The highest BCUT2D eigenvalue weighted by Gasteiger charge is 2.37. The van der Waals surface area contributed by atoms with E-state index >= 15 is 8.78 Å². The SMILES string of the molecule is Cc1cn2c3c(cc(F)c(-c4ccc(F)c5sc(NC(=O)OC(C)(C)C)c(C#N)c45)c13)C(=O)N1CCN(C(=O)O)C[C@H]1CC2. The van der Waals surface area contributed by atoms with Crippen LogP contribution in [0.2, 0.25) is 0 Å². The number of amides is 3. The smallest absolute Gasteiger partial charge is 0.412 e. The van der Waals surface area contributed by atoms with Gasteiger partial charge in [0.15, 0.2) is 0 Å². The summed E-state index contributed by atoms with van der Waals surface area (Å²) in [5.41, 5.74) is 0.863. The number of hydrogen-bond acceptors (Lipinski definition) is 6. The van der Waals surface area contributed by atoms with E-state index in [1.807, 2.05) is 10.8 Å². The van der Waals surface area contributed by atoms with Gasteiger partial charge in [0.25, 0.3) is 5.91 Å². The number of anilines is 1. The second-order valence-corrected chi connectivity index (χ2v) is 13.0. The molecule has 1 fully saturated rings. The number of carbonyl (C=O) groups is 3. The summed E-state index contributed by atoms with van der Waals surface area (Å²) in [6, 6.07) is 5.47. The molecule has 0 radical (unpaired) electrons. The highest BCUT2D eigenvalue weighted by atomic mass is 32.1. The van der Waals surface area contributed by atoms with Crippen molar-refractivity contribution >= 4 is 55.4 Å². The summed E-state index contributed by atoms with van der Waals surface area (Å²) in [7, 11) is 0. The van der Waals surface area contributed by atoms with Gasteiger partial charge in [-0.05, 0) is 57.4 Å². The summed E-state index contributed by atoms with van der Waals surface area (Å²) in [6.45, 7) is 7.82. The predicted molar refractivity (Wildman–Crippen MR) is 161 cm³/mol. The maximum Gasteiger partial charge on any atom is 0.412 e. The number of nitrogens with zero attached hydrogens (tertiary/aromatic N) is 4. The van der Waals surface area contributed by atoms with E-state index < -0.39 is 35.3 Å². The van der Waals surface area contributed by atoms with Crippen LogP contribution in [0.25, 0.3) is 32.1 Å². The number of aryl methyl sites for hydroxylation is 2. The van der Waals surface area contributed by atoms with Crippen molar-refractivity contribution in [2.24, 2.45) is 0 Å². The van der Waals surface area contributed by atoms with Gasteiger partial charge in [-0.2, -0.15) is 5.26 Å². The molecule has 1 saturated heterocycles. The fraction of sp³-hybridized carbons (Fsp3) is 0.355. The van der Waals surface area contributed by atoms with Crippen LogP contribution in [0.1, 0.15) is 48.7 Å². The van der Waals surface area contributed by atoms with Crippen molar-refractivity contribution < 1.29 is 33.0 Å². The number of ether oxygens (including phenoxy) is 1. The largest absolute Gasteiger partial charge is 0.465 e. The number of fused-ring (bicyclic) bond motifs is 2. The molecule has 2 aliphatic rings. The first-order chi connectivity index (χ1) is 20.8. The molecule has 0 unspecified atom stereocenters. The van der Waals surface area contributed by atoms with Gasteiger partial charge in [0.1, 0.15) is 28.3 Å². The van der Waals surface area contributed by atoms with Crippen LogP contribution in [0.4, 0.5) is 23.4 Å². The summed E-state index contributed by atoms with van der Waals surface area (Å²) < 4.78 is 38.9. The van der Waals surface area contributed by atoms with Crippen LogP contribution in [0.3, 0.4) is 0 Å². The van der Waals surface area contributed by atoms with Crippen LogP contribution >= 0.6 is 11.3 Å². The van der Waals surface area contributed by atoms with Crippen LogP contribution in [0.15, 0.2) is 24.4 Å². The minimum atomic E-state index is -1.05. The zero-order valence-electron chi connectivity index (χ0n) is 24.5. The van der Waals surface area contributed by atoms with Crippen molar-refractivity contribution in [3.63, 3.8) is 0 Å². The van der Waals surface area contributed by atoms with Crippen molar-refractivity contribution in [2.45, 2.75) is 52.3 Å². The van der Waals surface area contributed by atoms with Gasteiger partial charge in [-0.1, -0.05) is 6.07 Å². The Kier molecular flexibility index (Phi) is 7.00. The monoisotopic (exact) mass is 621 g/mol. The average Bonchev–Trinajstić information content (AvgIpc) is 3.47. The Labute approximate surface area is 255 Å². The summed E-state index contributed by atoms with van der Waals surface area (Å²) in [4.78, 5) is 41.0. The highest BCUT2D eigenvalue weighted by molar-refractivity contribution is 7.23. The van der Waals surface area contributed by atoms with Crippen LogP contribution in [0, 0.1) is 29.9 Å². The Morgan fingerprint density at radius 1 is 1.14 bits per heavy atom. The maximum absolute atomic E-state index is 16.4. The average molecular weight is 622 g/mol. The molecule has 0 aliphatic carbocycles. The molecule has 0 saturated carbocycles. The van der Waals surface area contributed by atoms with E-state index in [2.05, 4.69) is 11.4 Å². The fourth-order valence-electron chi connectivity index (χ4n) is 6.25. The number of thiophene rings is 1. The van der Waals surface area contributed by atoms with Gasteiger partial charge in [0.2, 0.25) is 0 Å². The lowest BCUT2D eigenvalue weighted by atomic mass is 9.92. The fourth-order valence-corrected chi connectivity index (χ4v) is 7.31. The molecule has 0 spiro atoms. The number of nitriles is 1. The highest BCUT2D eigenvalue weighted by Crippen LogP contribution is 2.46. The molecule has 1 atom stereocenters. The molecule has 2 N–H and O–H groups in total. The Morgan fingerprint density at radius 2 is 1.89 bits per heavy atom. The zero-order chi connectivity index (χ0) is 31.7. The van der Waals surface area contributed by atoms with E-state index in [-0.39, 0.29) is 63.0 Å². The van der Waals surface area contributed by atoms with Crippen molar-refractivity contribution in [1.29, 1.82) is 5.26 Å². The molecule has 2 aliphatic heterocycles. The number of rotatable bonds is 2. The first-order valence-corrected chi connectivity index (χ1v) is 14.9. The maximum atomic E-state index is 16.4. The number of piperazine rings is 1. The summed E-state index contributed by atoms with van der Waals surface area (Å²) in [6.07, 6.45) is 0.458. The van der Waals surface area contributed by atoms with E-state index in [9.17, 15) is 24.8 Å². The van der Waals surface area contributed by atoms with E-state index in [0.717, 1.165) is 11.3 Å². The van der Waals surface area contributed by atoms with E-state index in [0.29, 0.717) is 29.4 Å². The second kappa shape index (κ2) is 10.5. The lowest BCUT2D eigenvalue weighted by Crippen LogP contribution is -2.57. The molecular weight excluding hydrogens is 592 g/mol. The normalized spacial score (nSPS) is 16.8. The lowest BCUT2D eigenvalue weighted by molar-refractivity contribution is 0.0420. The van der Waals surface area contributed by atoms with Gasteiger partial charge in [-0.3, -0.25) is 10.1 Å². The van der Waals surface area contributed by atoms with Gasteiger partial charge in [-0.25, -0.2) is 18.4 Å². The van der Waals surface area contributed by atoms with E-state index in [1.54, 1.807) is 32.6 Å². The zero-order valence-corrected chi connectivity index (χ0v) is 25.3. The van der Waals surface area contributed by atoms with Crippen molar-refractivity contribution in [3.05, 3.63) is 52.7 Å². The Hall–Kier alpha value is -4.70. The van der Waals surface area contributed by atoms with Crippen molar-refractivity contribution in [1.82, 2.24) is 14.4 Å². The molecule has 6 rings (SSSR count). The summed E-state index contributed by atoms with van der Waals surface area (Å²) >= 11 is 0.855. The number of halogens is 2. The first kappa shape index (κ1) is 29.4. The minimum absolute atomic E-state index is 0.0320. The minimum Gasteiger partial charge on any atom is -0.465 e. The number of carbonyl (C=O) groups excluding carboxylic acids is 2. The number of carboxylic acid groups (broad SMARTS) is 1. The molecule has 4 aromatic rings. The molecule has 2 aromatic carbocycles. The molecule has 2 aromatic heterocycles. The molecular formula is C31H29F2N5O5S. The molecule has 228 valence electrons. The van der Waals surface area contributed by atoms with Gasteiger partial charge in [0, 0.05) is 48.7 Å². The van der Waals surface area contributed by atoms with Gasteiger partial charge >= 0.3 is 12.2 Å². The van der Waals surface area contributed by atoms with E-state index in [4.69, 9.17) is 4.74 Å². The predicted octanol–water partition coefficient (Wildman–Crippen LogP) is 6.54. The first-order valence-electron chi connectivity index (χ1n) is 14.0. The molecule has 44 heavy (non-hydrogen) atoms. The van der Waals surface area contributed by atoms with Crippen LogP contribution in [0.5, 0.6) is 0 Å². The standard InChI is InChI=1S/C31H29F2N5O5S/c1-15-13-36-8-7-16-14-37(30(41)42)9-10-38(16)28(39)18-11-21(33)24(22(15)25(18)36)17-5-6-20(32)26-23(17)19(12-34)27(44-26)35-29(40)43-31(2,3)4/h5-6,11,13,16H,7-10,14H2,1-4H3,(H,35,40)(H,41,42)/t16-/m1/s1. The number of hydrogen-bond donors (Lipinski definition) is 2. The van der Waals surface area contributed by atoms with Crippen LogP contribution in [-0.4, -0.2) is 68.8 Å². The third kappa shape index (κ3) is 4.79. The molecule has 10 nitrogen and oxygen atoms in total. The topological polar surface area (TPSA) is 128 Å². The van der Waals surface area contributed by atoms with Crippen LogP contribution in [-0.2, 0) is 11.3 Å². The summed E-state index contributed by atoms with van der Waals surface area (Å²) in [5, 5.41) is 22.9. The summed E-state index contributed by atoms with van der Waals surface area (Å²) in [5.74, 6) is -1.76. The Balaban J connectivity index is 1.53. The molecule has 4 heterocycles. The van der Waals surface area contributed by atoms with Gasteiger partial charge < -0.3 is 24.2 Å². The molecule has 0 bridgehead atoms. The Morgan fingerprint density at radius 3 is 2.57 bits per heavy atom. The third-order valence-corrected chi connectivity index (χ3v) is 9.13. The Bertz CT molecular complexity index is 1940. The second-order valence-electron chi connectivity index (χ2n) is 12.0. The van der Waals surface area contributed by atoms with Crippen LogP contribution < -0.4 is 5.32 Å². The van der Waals surface area contributed by atoms with Gasteiger partial charge in [0.05, 0.1) is 27.4 Å². The number of benzene rings is 2. The number of nitrogens with one attached hydrogen (secondary N) is 1. The molecule has 3 amide bonds. The van der Waals surface area contributed by atoms with Gasteiger partial charge in [-0.15, -0.1) is 11.3 Å². The van der Waals surface area contributed by atoms with Crippen molar-refractivity contribution in [2.75, 3.05) is 25.0 Å². The number of aromatic nitrogens is 1. The molecule has 13 heteroatoms. The van der Waals surface area contributed by atoms with E-state index in [1.165, 1.54) is 23.1 Å².